The molecule has 228 valence electrons. The first-order valence-electron chi connectivity index (χ1n) is 14.5. The highest BCUT2D eigenvalue weighted by atomic mass is 35.5. The number of benzene rings is 1. The van der Waals surface area contributed by atoms with Crippen molar-refractivity contribution in [2.75, 3.05) is 26.2 Å². The van der Waals surface area contributed by atoms with Crippen LogP contribution in [0.3, 0.4) is 0 Å². The van der Waals surface area contributed by atoms with Gasteiger partial charge in [-0.05, 0) is 49.5 Å². The molecule has 1 atom stereocenters. The highest BCUT2D eigenvalue weighted by Gasteiger charge is 2.31. The normalized spacial score (nSPS) is 17.7. The lowest BCUT2D eigenvalue weighted by Gasteiger charge is -2.31. The van der Waals surface area contributed by atoms with E-state index in [2.05, 4.69) is 31.1 Å². The number of pyridine rings is 1. The van der Waals surface area contributed by atoms with E-state index in [1.54, 1.807) is 16.0 Å². The second kappa shape index (κ2) is 12.8. The molecule has 0 bridgehead atoms. The molecule has 43 heavy (non-hydrogen) atoms. The number of rotatable bonds is 7. The summed E-state index contributed by atoms with van der Waals surface area (Å²) in [6, 6.07) is 6.45. The summed E-state index contributed by atoms with van der Waals surface area (Å²) in [6.07, 6.45) is 1.29. The van der Waals surface area contributed by atoms with Gasteiger partial charge in [0.25, 0.3) is 11.5 Å². The summed E-state index contributed by atoms with van der Waals surface area (Å²) in [5.41, 5.74) is 2.06. The van der Waals surface area contributed by atoms with E-state index in [1.165, 1.54) is 23.5 Å². The van der Waals surface area contributed by atoms with Crippen LogP contribution < -0.4 is 10.9 Å². The number of piperazine rings is 1. The van der Waals surface area contributed by atoms with E-state index in [1.807, 2.05) is 17.1 Å². The minimum Gasteiger partial charge on any atom is -0.336 e. The van der Waals surface area contributed by atoms with Crippen LogP contribution in [0.1, 0.15) is 55.2 Å². The number of hydrogen-bond donors (Lipinski definition) is 1. The topological polar surface area (TPSA) is 67.2 Å². The van der Waals surface area contributed by atoms with Gasteiger partial charge in [-0.1, -0.05) is 50.6 Å². The fourth-order valence-corrected chi connectivity index (χ4v) is 6.60. The van der Waals surface area contributed by atoms with Crippen LogP contribution in [-0.4, -0.2) is 46.5 Å². The van der Waals surface area contributed by atoms with E-state index >= 15 is 0 Å². The van der Waals surface area contributed by atoms with Crippen LogP contribution in [0.4, 0.5) is 13.2 Å². The van der Waals surface area contributed by atoms with Gasteiger partial charge >= 0.3 is 6.18 Å². The Labute approximate surface area is 257 Å². The Morgan fingerprint density at radius 2 is 1.88 bits per heavy atom. The molecule has 5 rings (SSSR count). The summed E-state index contributed by atoms with van der Waals surface area (Å²) in [6.45, 7) is 8.65. The number of amides is 1. The number of alkyl halides is 3. The second-order valence-electron chi connectivity index (χ2n) is 11.3. The minimum absolute atomic E-state index is 0.0301. The van der Waals surface area contributed by atoms with E-state index in [0.717, 1.165) is 24.3 Å². The van der Waals surface area contributed by atoms with Gasteiger partial charge in [0.1, 0.15) is 5.01 Å². The van der Waals surface area contributed by atoms with Gasteiger partial charge in [-0.2, -0.15) is 13.2 Å². The van der Waals surface area contributed by atoms with Gasteiger partial charge in [-0.25, -0.2) is 4.98 Å². The highest BCUT2D eigenvalue weighted by Crippen LogP contribution is 2.36. The van der Waals surface area contributed by atoms with Crippen LogP contribution >= 0.6 is 22.9 Å². The first kappa shape index (κ1) is 31.2. The van der Waals surface area contributed by atoms with Crippen LogP contribution in [0.5, 0.6) is 0 Å². The smallest absolute Gasteiger partial charge is 0.336 e. The average molecular weight is 631 g/mol. The Bertz CT molecular complexity index is 1620. The largest absolute Gasteiger partial charge is 0.416 e. The van der Waals surface area contributed by atoms with Crippen molar-refractivity contribution >= 4 is 34.5 Å². The zero-order valence-corrected chi connectivity index (χ0v) is 25.9. The van der Waals surface area contributed by atoms with Crippen LogP contribution in [0.2, 0.25) is 0 Å². The molecular formula is C32H34ClF3N4O2S. The average Bonchev–Trinajstić information content (AvgIpc) is 3.47. The van der Waals surface area contributed by atoms with Gasteiger partial charge < -0.3 is 10.2 Å². The summed E-state index contributed by atoms with van der Waals surface area (Å²) in [5.74, 6) is 0.0489. The van der Waals surface area contributed by atoms with E-state index < -0.39 is 11.7 Å². The molecule has 1 aliphatic carbocycles. The zero-order valence-electron chi connectivity index (χ0n) is 24.3. The summed E-state index contributed by atoms with van der Waals surface area (Å²) >= 11 is 7.71. The van der Waals surface area contributed by atoms with Gasteiger partial charge in [-0.15, -0.1) is 11.3 Å². The molecule has 1 unspecified atom stereocenters. The lowest BCUT2D eigenvalue weighted by atomic mass is 9.92. The molecule has 0 radical (unpaired) electrons. The summed E-state index contributed by atoms with van der Waals surface area (Å²) in [7, 11) is 0. The number of halogens is 4. The van der Waals surface area contributed by atoms with Crippen LogP contribution in [0.25, 0.3) is 27.5 Å². The predicted molar refractivity (Wildman–Crippen MR) is 166 cm³/mol. The number of nitrogens with one attached hydrogen (secondary N) is 1. The third-order valence-corrected chi connectivity index (χ3v) is 8.97. The van der Waals surface area contributed by atoms with Gasteiger partial charge in [0.05, 0.1) is 22.4 Å². The number of aromatic nitrogens is 2. The molecule has 1 fully saturated rings. The third kappa shape index (κ3) is 6.66. The Morgan fingerprint density at radius 1 is 1.19 bits per heavy atom. The molecule has 1 amide bonds. The molecule has 11 heteroatoms. The number of hydrogen-bond acceptors (Lipinski definition) is 5. The van der Waals surface area contributed by atoms with E-state index in [4.69, 9.17) is 11.6 Å². The molecule has 1 aromatic carbocycles. The summed E-state index contributed by atoms with van der Waals surface area (Å²) < 4.78 is 41.0. The molecule has 3 aromatic rings. The number of allylic oxidation sites excluding steroid dienone is 4. The number of nitrogens with zero attached hydrogens (tertiary/aromatic N) is 3. The van der Waals surface area contributed by atoms with Crippen molar-refractivity contribution in [3.05, 3.63) is 80.1 Å². The molecule has 1 N–H and O–H groups in total. The summed E-state index contributed by atoms with van der Waals surface area (Å²) in [4.78, 5) is 35.0. The van der Waals surface area contributed by atoms with Crippen LogP contribution in [-0.2, 0) is 12.6 Å². The quantitative estimate of drug-likeness (QED) is 0.298. The highest BCUT2D eigenvalue weighted by molar-refractivity contribution is 7.13. The van der Waals surface area contributed by atoms with Crippen molar-refractivity contribution in [2.24, 2.45) is 11.8 Å². The molecule has 0 saturated carbocycles. The monoisotopic (exact) mass is 630 g/mol. The van der Waals surface area contributed by atoms with Gasteiger partial charge in [-0.3, -0.25) is 14.2 Å². The number of carbonyl (C=O) groups is 1. The van der Waals surface area contributed by atoms with Crippen molar-refractivity contribution in [3.8, 4) is 21.8 Å². The molecule has 1 aliphatic heterocycles. The zero-order chi connectivity index (χ0) is 30.9. The maximum absolute atomic E-state index is 14.5. The van der Waals surface area contributed by atoms with Crippen molar-refractivity contribution < 1.29 is 18.0 Å². The molecule has 2 aliphatic rings. The van der Waals surface area contributed by atoms with Crippen LogP contribution in [0, 0.1) is 11.8 Å². The maximum atomic E-state index is 14.5. The molecule has 0 spiro atoms. The Kier molecular flexibility index (Phi) is 9.29. The van der Waals surface area contributed by atoms with E-state index in [-0.39, 0.29) is 28.9 Å². The summed E-state index contributed by atoms with van der Waals surface area (Å²) in [5, 5.41) is 5.93. The molecule has 6 nitrogen and oxygen atoms in total. The van der Waals surface area contributed by atoms with Crippen molar-refractivity contribution in [3.63, 3.8) is 0 Å². The van der Waals surface area contributed by atoms with E-state index in [0.29, 0.717) is 71.6 Å². The maximum Gasteiger partial charge on any atom is 0.416 e. The fourth-order valence-electron chi connectivity index (χ4n) is 5.57. The SMILES string of the molecule is CCC1CC=C(Cl)C=C1n1c(CC(C)C)c(C(=O)N2CCNCC2)cc(-c2nc(-c3ccc(C(F)(F)F)cc3)cs2)c1=O. The first-order chi connectivity index (χ1) is 20.5. The number of thiazole rings is 1. The Balaban J connectivity index is 1.70. The van der Waals surface area contributed by atoms with Gasteiger partial charge in [0, 0.05) is 59.5 Å². The lowest BCUT2D eigenvalue weighted by molar-refractivity contribution is -0.137. The van der Waals surface area contributed by atoms with Crippen LogP contribution in [0.15, 0.2) is 57.7 Å². The van der Waals surface area contributed by atoms with E-state index in [9.17, 15) is 22.8 Å². The van der Waals surface area contributed by atoms with Gasteiger partial charge in [0.15, 0.2) is 0 Å². The molecule has 2 aromatic heterocycles. The fraction of sp³-hybridized carbons (Fsp3) is 0.406. The minimum atomic E-state index is -4.44. The van der Waals surface area contributed by atoms with Gasteiger partial charge in [0.2, 0.25) is 0 Å². The lowest BCUT2D eigenvalue weighted by Crippen LogP contribution is -2.47. The Hall–Kier alpha value is -3.21. The third-order valence-electron chi connectivity index (χ3n) is 7.83. The molecule has 3 heterocycles. The standard InChI is InChI=1S/C32H34ClF3N4O2S/c1-4-20-7-10-23(33)16-27(20)40-28(15-19(2)3)24(30(41)39-13-11-37-12-14-39)17-25(31(40)42)29-38-26(18-43-29)21-5-8-22(9-6-21)32(34,35)36/h5-6,8-10,16-20,37H,4,7,11-15H2,1-3H3. The van der Waals surface area contributed by atoms with Crippen molar-refractivity contribution in [1.29, 1.82) is 0 Å². The second-order valence-corrected chi connectivity index (χ2v) is 12.6. The molecular weight excluding hydrogens is 597 g/mol. The predicted octanol–water partition coefficient (Wildman–Crippen LogP) is 7.30. The van der Waals surface area contributed by atoms with Crippen molar-refractivity contribution in [1.82, 2.24) is 19.8 Å². The van der Waals surface area contributed by atoms with Crippen molar-refractivity contribution in [2.45, 2.75) is 46.2 Å². The number of carbonyl (C=O) groups excluding carboxylic acids is 1. The Morgan fingerprint density at radius 3 is 2.51 bits per heavy atom. The molecule has 1 saturated heterocycles. The first-order valence-corrected chi connectivity index (χ1v) is 15.7.